The van der Waals surface area contributed by atoms with Crippen LogP contribution in [0.5, 0.6) is 0 Å². The third-order valence-corrected chi connectivity index (χ3v) is 11.3. The molecule has 6 heteroatoms. The van der Waals surface area contributed by atoms with Crippen molar-refractivity contribution in [3.63, 3.8) is 0 Å². The molecular formula is C46H93NO5. The Morgan fingerprint density at radius 2 is 0.654 bits per heavy atom. The van der Waals surface area contributed by atoms with E-state index in [9.17, 15) is 25.2 Å². The lowest BCUT2D eigenvalue weighted by molar-refractivity contribution is -0.132. The molecule has 6 nitrogen and oxygen atoms in total. The van der Waals surface area contributed by atoms with Crippen molar-refractivity contribution in [2.45, 2.75) is 282 Å². The van der Waals surface area contributed by atoms with Crippen molar-refractivity contribution in [2.75, 3.05) is 6.61 Å². The van der Waals surface area contributed by atoms with Crippen LogP contribution >= 0.6 is 0 Å². The number of aliphatic hydroxyl groups is 4. The fraction of sp³-hybridized carbons (Fsp3) is 0.978. The largest absolute Gasteiger partial charge is 0.394 e. The van der Waals surface area contributed by atoms with Gasteiger partial charge in [-0.05, 0) is 12.8 Å². The number of carbonyl (C=O) groups is 1. The normalized spacial score (nSPS) is 14.0. The van der Waals surface area contributed by atoms with Crippen LogP contribution in [-0.4, -0.2) is 57.3 Å². The first-order chi connectivity index (χ1) is 25.5. The van der Waals surface area contributed by atoms with Gasteiger partial charge in [-0.2, -0.15) is 0 Å². The standard InChI is InChI=1S/C46H93NO5/c1-3-5-7-9-11-13-15-17-19-20-21-22-23-24-25-26-28-30-32-34-36-38-40-44(50)46(52)47-42(41-48)45(51)43(49)39-37-35-33-31-29-27-18-16-14-12-10-8-6-4-2/h42-45,48-51H,3-41H2,1-2H3,(H,47,52)/t42-,43+,44-,45-/m0/s1. The molecule has 0 heterocycles. The van der Waals surface area contributed by atoms with E-state index in [1.807, 2.05) is 0 Å². The van der Waals surface area contributed by atoms with Gasteiger partial charge in [-0.3, -0.25) is 4.79 Å². The van der Waals surface area contributed by atoms with E-state index in [4.69, 9.17) is 0 Å². The maximum absolute atomic E-state index is 12.5. The molecule has 312 valence electrons. The molecule has 0 aromatic heterocycles. The lowest BCUT2D eigenvalue weighted by Gasteiger charge is -2.27. The number of rotatable bonds is 43. The maximum Gasteiger partial charge on any atom is 0.249 e. The van der Waals surface area contributed by atoms with Crippen LogP contribution in [0.3, 0.4) is 0 Å². The second-order valence-electron chi connectivity index (χ2n) is 16.5. The summed E-state index contributed by atoms with van der Waals surface area (Å²) < 4.78 is 0. The van der Waals surface area contributed by atoms with Crippen LogP contribution in [0.2, 0.25) is 0 Å². The Morgan fingerprint density at radius 3 is 0.923 bits per heavy atom. The molecule has 0 aliphatic heterocycles. The summed E-state index contributed by atoms with van der Waals surface area (Å²) in [6, 6.07) is -0.978. The third kappa shape index (κ3) is 35.0. The molecule has 0 fully saturated rings. The molecule has 0 aliphatic carbocycles. The topological polar surface area (TPSA) is 110 Å². The van der Waals surface area contributed by atoms with Crippen molar-refractivity contribution in [1.29, 1.82) is 0 Å². The van der Waals surface area contributed by atoms with Gasteiger partial charge in [0, 0.05) is 0 Å². The molecule has 0 rings (SSSR count). The highest BCUT2D eigenvalue weighted by Crippen LogP contribution is 2.17. The number of nitrogens with one attached hydrogen (secondary N) is 1. The quantitative estimate of drug-likeness (QED) is 0.0400. The average molecular weight is 740 g/mol. The van der Waals surface area contributed by atoms with Gasteiger partial charge in [0.15, 0.2) is 0 Å². The first-order valence-electron chi connectivity index (χ1n) is 23.4. The Kier molecular flexibility index (Phi) is 40.9. The lowest BCUT2D eigenvalue weighted by Crippen LogP contribution is -2.53. The zero-order valence-electron chi connectivity index (χ0n) is 35.1. The zero-order chi connectivity index (χ0) is 38.2. The van der Waals surface area contributed by atoms with Gasteiger partial charge in [0.2, 0.25) is 5.91 Å². The fourth-order valence-electron chi connectivity index (χ4n) is 7.58. The summed E-state index contributed by atoms with van der Waals surface area (Å²) in [4.78, 5) is 12.5. The molecule has 0 spiro atoms. The summed E-state index contributed by atoms with van der Waals surface area (Å²) in [5.41, 5.74) is 0. The number of amides is 1. The van der Waals surface area contributed by atoms with Crippen LogP contribution < -0.4 is 5.32 Å². The van der Waals surface area contributed by atoms with E-state index in [0.717, 1.165) is 38.5 Å². The first-order valence-corrected chi connectivity index (χ1v) is 23.4. The highest BCUT2D eigenvalue weighted by molar-refractivity contribution is 5.80. The van der Waals surface area contributed by atoms with Crippen LogP contribution in [0.1, 0.15) is 258 Å². The molecule has 0 aromatic rings. The zero-order valence-corrected chi connectivity index (χ0v) is 35.1. The Morgan fingerprint density at radius 1 is 0.404 bits per heavy atom. The average Bonchev–Trinajstić information content (AvgIpc) is 3.15. The highest BCUT2D eigenvalue weighted by Gasteiger charge is 2.28. The van der Waals surface area contributed by atoms with E-state index in [1.54, 1.807) is 0 Å². The number of carbonyl (C=O) groups excluding carboxylic acids is 1. The molecule has 0 saturated carbocycles. The highest BCUT2D eigenvalue weighted by atomic mass is 16.3. The summed E-state index contributed by atoms with van der Waals surface area (Å²) in [5.74, 6) is -0.578. The number of hydrogen-bond acceptors (Lipinski definition) is 5. The summed E-state index contributed by atoms with van der Waals surface area (Å²) in [6.45, 7) is 4.07. The molecule has 0 unspecified atom stereocenters. The summed E-state index contributed by atoms with van der Waals surface area (Å²) in [5, 5.41) is 43.7. The Bertz CT molecular complexity index is 706. The van der Waals surface area contributed by atoms with E-state index in [0.29, 0.717) is 12.8 Å². The number of aliphatic hydroxyl groups excluding tert-OH is 4. The minimum absolute atomic E-state index is 0.376. The van der Waals surface area contributed by atoms with Gasteiger partial charge in [-0.25, -0.2) is 0 Å². The number of hydrogen-bond donors (Lipinski definition) is 5. The summed E-state index contributed by atoms with van der Waals surface area (Å²) >= 11 is 0. The maximum atomic E-state index is 12.5. The van der Waals surface area contributed by atoms with Crippen molar-refractivity contribution in [3.8, 4) is 0 Å². The minimum Gasteiger partial charge on any atom is -0.394 e. The molecule has 0 aromatic carbocycles. The molecule has 4 atom stereocenters. The van der Waals surface area contributed by atoms with Crippen LogP contribution in [0.15, 0.2) is 0 Å². The summed E-state index contributed by atoms with van der Waals surface area (Å²) in [6.07, 6.45) is 44.2. The molecular weight excluding hydrogens is 647 g/mol. The smallest absolute Gasteiger partial charge is 0.249 e. The van der Waals surface area contributed by atoms with Gasteiger partial charge in [0.05, 0.1) is 18.8 Å². The lowest BCUT2D eigenvalue weighted by atomic mass is 9.99. The van der Waals surface area contributed by atoms with E-state index >= 15 is 0 Å². The Hall–Kier alpha value is -0.690. The monoisotopic (exact) mass is 740 g/mol. The van der Waals surface area contributed by atoms with Gasteiger partial charge < -0.3 is 25.7 Å². The molecule has 5 N–H and O–H groups in total. The van der Waals surface area contributed by atoms with Crippen LogP contribution in [0.4, 0.5) is 0 Å². The summed E-state index contributed by atoms with van der Waals surface area (Å²) in [7, 11) is 0. The SMILES string of the molecule is CCCCCCCCCCCCCCCCCCCCCCCC[C@H](O)C(=O)N[C@@H](CO)[C@H](O)[C@H](O)CCCCCCCCCCCCCCCC. The van der Waals surface area contributed by atoms with Crippen molar-refractivity contribution >= 4 is 5.91 Å². The van der Waals surface area contributed by atoms with Crippen molar-refractivity contribution < 1.29 is 25.2 Å². The van der Waals surface area contributed by atoms with Gasteiger partial charge in [0.25, 0.3) is 0 Å². The molecule has 0 aliphatic rings. The fourth-order valence-corrected chi connectivity index (χ4v) is 7.58. The van der Waals surface area contributed by atoms with Gasteiger partial charge in [-0.15, -0.1) is 0 Å². The van der Waals surface area contributed by atoms with E-state index in [1.165, 1.54) is 193 Å². The van der Waals surface area contributed by atoms with Gasteiger partial charge >= 0.3 is 0 Å². The van der Waals surface area contributed by atoms with Crippen LogP contribution in [0, 0.1) is 0 Å². The molecule has 52 heavy (non-hydrogen) atoms. The Balaban J connectivity index is 3.64. The van der Waals surface area contributed by atoms with Crippen LogP contribution in [-0.2, 0) is 4.79 Å². The second-order valence-corrected chi connectivity index (χ2v) is 16.5. The molecule has 1 amide bonds. The first kappa shape index (κ1) is 51.3. The van der Waals surface area contributed by atoms with Crippen molar-refractivity contribution in [1.82, 2.24) is 5.32 Å². The molecule has 0 radical (unpaired) electrons. The third-order valence-electron chi connectivity index (χ3n) is 11.3. The molecule has 0 bridgehead atoms. The van der Waals surface area contributed by atoms with Gasteiger partial charge in [0.1, 0.15) is 12.2 Å². The van der Waals surface area contributed by atoms with E-state index < -0.39 is 36.9 Å². The van der Waals surface area contributed by atoms with Gasteiger partial charge in [-0.1, -0.05) is 245 Å². The predicted molar refractivity (Wildman–Crippen MR) is 224 cm³/mol. The van der Waals surface area contributed by atoms with Crippen LogP contribution in [0.25, 0.3) is 0 Å². The second kappa shape index (κ2) is 41.5. The predicted octanol–water partition coefficient (Wildman–Crippen LogP) is 12.4. The van der Waals surface area contributed by atoms with Crippen molar-refractivity contribution in [2.24, 2.45) is 0 Å². The van der Waals surface area contributed by atoms with E-state index in [2.05, 4.69) is 19.2 Å². The van der Waals surface area contributed by atoms with E-state index in [-0.39, 0.29) is 0 Å². The number of unbranched alkanes of at least 4 members (excludes halogenated alkanes) is 34. The molecule has 0 saturated heterocycles. The Labute approximate surface area is 324 Å². The minimum atomic E-state index is -1.25. The van der Waals surface area contributed by atoms with Crippen molar-refractivity contribution in [3.05, 3.63) is 0 Å².